The molecule has 3 heterocycles. The summed E-state index contributed by atoms with van der Waals surface area (Å²) in [4.78, 5) is 18.4. The van der Waals surface area contributed by atoms with Crippen molar-refractivity contribution in [2.24, 2.45) is 5.73 Å². The van der Waals surface area contributed by atoms with E-state index in [0.29, 0.717) is 12.0 Å². The number of anilines is 1. The van der Waals surface area contributed by atoms with E-state index in [9.17, 15) is 0 Å². The third-order valence-electron chi connectivity index (χ3n) is 5.51. The lowest BCUT2D eigenvalue weighted by molar-refractivity contribution is 0.285. The molecule has 0 aromatic carbocycles. The molecule has 0 spiro atoms. The van der Waals surface area contributed by atoms with Gasteiger partial charge in [0, 0.05) is 68.8 Å². The Bertz CT molecular complexity index is 728. The van der Waals surface area contributed by atoms with Crippen molar-refractivity contribution >= 4 is 5.82 Å². The molecule has 2 aromatic heterocycles. The van der Waals surface area contributed by atoms with Crippen LogP contribution in [0.3, 0.4) is 0 Å². The molecule has 138 valence electrons. The molecule has 0 radical (unpaired) electrons. The fourth-order valence-corrected chi connectivity index (χ4v) is 3.95. The Labute approximate surface area is 155 Å². The molecule has 0 amide bonds. The van der Waals surface area contributed by atoms with Crippen molar-refractivity contribution in [3.8, 4) is 0 Å². The quantitative estimate of drug-likeness (QED) is 0.909. The fourth-order valence-electron chi connectivity index (χ4n) is 3.95. The lowest BCUT2D eigenvalue weighted by atomic mass is 9.78. The van der Waals surface area contributed by atoms with Gasteiger partial charge in [0.2, 0.25) is 0 Å². The lowest BCUT2D eigenvalue weighted by Gasteiger charge is -2.32. The van der Waals surface area contributed by atoms with E-state index in [1.807, 2.05) is 19.3 Å². The largest absolute Gasteiger partial charge is 0.355 e. The van der Waals surface area contributed by atoms with Crippen LogP contribution in [0.15, 0.2) is 30.6 Å². The van der Waals surface area contributed by atoms with Crippen molar-refractivity contribution < 1.29 is 0 Å². The van der Waals surface area contributed by atoms with E-state index in [0.717, 1.165) is 63.6 Å². The highest BCUT2D eigenvalue weighted by atomic mass is 15.2. The van der Waals surface area contributed by atoms with Gasteiger partial charge in [-0.15, -0.1) is 0 Å². The normalized spacial score (nSPS) is 24.2. The number of rotatable bonds is 4. The molecule has 2 aromatic rings. The SMILES string of the molecule is Cc1nc(C2CC(N)C2)cc(N2CCCN(Cc3ccncc3)CC2)n1. The molecule has 0 unspecified atom stereocenters. The maximum atomic E-state index is 5.96. The number of hydrogen-bond acceptors (Lipinski definition) is 6. The van der Waals surface area contributed by atoms with Gasteiger partial charge in [0.1, 0.15) is 11.6 Å². The van der Waals surface area contributed by atoms with E-state index in [-0.39, 0.29) is 0 Å². The smallest absolute Gasteiger partial charge is 0.132 e. The minimum Gasteiger partial charge on any atom is -0.355 e. The Kier molecular flexibility index (Phi) is 5.13. The van der Waals surface area contributed by atoms with Gasteiger partial charge in [-0.05, 0) is 43.9 Å². The second kappa shape index (κ2) is 7.68. The van der Waals surface area contributed by atoms with E-state index in [1.54, 1.807) is 0 Å². The Morgan fingerprint density at radius 3 is 2.65 bits per heavy atom. The van der Waals surface area contributed by atoms with Crippen molar-refractivity contribution in [2.75, 3.05) is 31.1 Å². The van der Waals surface area contributed by atoms with Crippen molar-refractivity contribution in [1.29, 1.82) is 0 Å². The Morgan fingerprint density at radius 2 is 1.88 bits per heavy atom. The van der Waals surface area contributed by atoms with Gasteiger partial charge in [0.15, 0.2) is 0 Å². The zero-order valence-electron chi connectivity index (χ0n) is 15.5. The second-order valence-electron chi connectivity index (χ2n) is 7.60. The fraction of sp³-hybridized carbons (Fsp3) is 0.550. The highest BCUT2D eigenvalue weighted by molar-refractivity contribution is 5.41. The number of aromatic nitrogens is 3. The number of nitrogens with two attached hydrogens (primary N) is 1. The van der Waals surface area contributed by atoms with Gasteiger partial charge >= 0.3 is 0 Å². The first kappa shape index (κ1) is 17.4. The van der Waals surface area contributed by atoms with Gasteiger partial charge in [-0.25, -0.2) is 9.97 Å². The summed E-state index contributed by atoms with van der Waals surface area (Å²) >= 11 is 0. The molecule has 6 heteroatoms. The lowest BCUT2D eigenvalue weighted by Crippen LogP contribution is -2.35. The molecule has 0 atom stereocenters. The molecule has 4 rings (SSSR count). The molecule has 1 saturated heterocycles. The highest BCUT2D eigenvalue weighted by Crippen LogP contribution is 2.35. The minimum atomic E-state index is 0.346. The van der Waals surface area contributed by atoms with Crippen LogP contribution in [0.2, 0.25) is 0 Å². The number of nitrogens with zero attached hydrogens (tertiary/aromatic N) is 5. The summed E-state index contributed by atoms with van der Waals surface area (Å²) in [6.45, 7) is 7.21. The van der Waals surface area contributed by atoms with Crippen LogP contribution in [0.25, 0.3) is 0 Å². The average Bonchev–Trinajstić information content (AvgIpc) is 2.85. The highest BCUT2D eigenvalue weighted by Gasteiger charge is 2.29. The van der Waals surface area contributed by atoms with E-state index in [4.69, 9.17) is 10.7 Å². The van der Waals surface area contributed by atoms with Gasteiger partial charge < -0.3 is 10.6 Å². The van der Waals surface area contributed by atoms with Crippen LogP contribution in [0.4, 0.5) is 5.82 Å². The van der Waals surface area contributed by atoms with Crippen LogP contribution in [0.5, 0.6) is 0 Å². The maximum Gasteiger partial charge on any atom is 0.132 e. The van der Waals surface area contributed by atoms with E-state index >= 15 is 0 Å². The summed E-state index contributed by atoms with van der Waals surface area (Å²) in [6, 6.07) is 6.75. The molecule has 2 aliphatic rings. The molecule has 1 aliphatic carbocycles. The molecular formula is C20H28N6. The monoisotopic (exact) mass is 352 g/mol. The first-order valence-electron chi connectivity index (χ1n) is 9.65. The van der Waals surface area contributed by atoms with E-state index < -0.39 is 0 Å². The van der Waals surface area contributed by atoms with Crippen LogP contribution < -0.4 is 10.6 Å². The number of pyridine rings is 1. The Hall–Kier alpha value is -2.05. The van der Waals surface area contributed by atoms with Gasteiger partial charge in [0.25, 0.3) is 0 Å². The zero-order chi connectivity index (χ0) is 17.9. The van der Waals surface area contributed by atoms with Crippen LogP contribution in [0.1, 0.15) is 42.3 Å². The first-order valence-corrected chi connectivity index (χ1v) is 9.65. The Balaban J connectivity index is 1.42. The summed E-state index contributed by atoms with van der Waals surface area (Å²) in [5.74, 6) is 2.47. The topological polar surface area (TPSA) is 71.2 Å². The third-order valence-corrected chi connectivity index (χ3v) is 5.51. The molecule has 1 aliphatic heterocycles. The van der Waals surface area contributed by atoms with E-state index in [2.05, 4.69) is 38.0 Å². The second-order valence-corrected chi connectivity index (χ2v) is 7.60. The zero-order valence-corrected chi connectivity index (χ0v) is 15.5. The van der Waals surface area contributed by atoms with Crippen molar-refractivity contribution in [2.45, 2.75) is 44.7 Å². The van der Waals surface area contributed by atoms with Gasteiger partial charge in [-0.1, -0.05) is 0 Å². The van der Waals surface area contributed by atoms with Gasteiger partial charge in [-0.3, -0.25) is 9.88 Å². The van der Waals surface area contributed by atoms with Gasteiger partial charge in [0.05, 0.1) is 0 Å². The maximum absolute atomic E-state index is 5.96. The van der Waals surface area contributed by atoms with Crippen molar-refractivity contribution in [3.63, 3.8) is 0 Å². The number of aryl methyl sites for hydroxylation is 1. The first-order chi connectivity index (χ1) is 12.7. The number of hydrogen-bond donors (Lipinski definition) is 1. The van der Waals surface area contributed by atoms with Crippen LogP contribution in [0, 0.1) is 6.92 Å². The predicted molar refractivity (Wildman–Crippen MR) is 103 cm³/mol. The molecular weight excluding hydrogens is 324 g/mol. The summed E-state index contributed by atoms with van der Waals surface area (Å²) < 4.78 is 0. The molecule has 0 bridgehead atoms. The average molecular weight is 352 g/mol. The van der Waals surface area contributed by atoms with Crippen LogP contribution in [-0.4, -0.2) is 52.1 Å². The third kappa shape index (κ3) is 4.02. The van der Waals surface area contributed by atoms with E-state index in [1.165, 1.54) is 11.3 Å². The summed E-state index contributed by atoms with van der Waals surface area (Å²) in [6.07, 6.45) is 7.00. The predicted octanol–water partition coefficient (Wildman–Crippen LogP) is 2.10. The summed E-state index contributed by atoms with van der Waals surface area (Å²) in [5.41, 5.74) is 8.46. The molecule has 2 fully saturated rings. The minimum absolute atomic E-state index is 0.346. The van der Waals surface area contributed by atoms with Crippen molar-refractivity contribution in [3.05, 3.63) is 47.7 Å². The molecule has 1 saturated carbocycles. The standard InChI is InChI=1S/C20H28N6/c1-15-23-19(17-11-18(21)12-17)13-20(24-15)26-8-2-7-25(9-10-26)14-16-3-5-22-6-4-16/h3-6,13,17-18H,2,7-12,14,21H2,1H3. The summed E-state index contributed by atoms with van der Waals surface area (Å²) in [7, 11) is 0. The summed E-state index contributed by atoms with van der Waals surface area (Å²) in [5, 5.41) is 0. The van der Waals surface area contributed by atoms with Crippen LogP contribution in [-0.2, 0) is 6.54 Å². The molecule has 26 heavy (non-hydrogen) atoms. The molecule has 6 nitrogen and oxygen atoms in total. The van der Waals surface area contributed by atoms with Crippen LogP contribution >= 0.6 is 0 Å². The van der Waals surface area contributed by atoms with Gasteiger partial charge in [-0.2, -0.15) is 0 Å². The van der Waals surface area contributed by atoms with Crippen molar-refractivity contribution in [1.82, 2.24) is 19.9 Å². The Morgan fingerprint density at radius 1 is 1.08 bits per heavy atom. The molecule has 2 N–H and O–H groups in total.